The Morgan fingerprint density at radius 1 is 1.17 bits per heavy atom. The van der Waals surface area contributed by atoms with Crippen LogP contribution in [0, 0.1) is 0 Å². The van der Waals surface area contributed by atoms with Crippen molar-refractivity contribution in [3.63, 3.8) is 0 Å². The fourth-order valence-corrected chi connectivity index (χ4v) is 4.69. The number of fused-ring (bicyclic) bond motifs is 1. The summed E-state index contributed by atoms with van der Waals surface area (Å²) in [6, 6.07) is 13.2. The highest BCUT2D eigenvalue weighted by molar-refractivity contribution is 7.91. The summed E-state index contributed by atoms with van der Waals surface area (Å²) in [5.74, 6) is 0.472. The van der Waals surface area contributed by atoms with Crippen LogP contribution in [0.25, 0.3) is 10.9 Å². The summed E-state index contributed by atoms with van der Waals surface area (Å²) in [5, 5.41) is 0.999. The zero-order valence-electron chi connectivity index (χ0n) is 13.4. The summed E-state index contributed by atoms with van der Waals surface area (Å²) in [4.78, 5) is 3.30. The second-order valence-electron chi connectivity index (χ2n) is 5.95. The first kappa shape index (κ1) is 15.9. The van der Waals surface area contributed by atoms with Gasteiger partial charge in [0.25, 0.3) is 0 Å². The maximum Gasteiger partial charge on any atom is 0.169 e. The molecule has 0 aliphatic heterocycles. The van der Waals surface area contributed by atoms with Gasteiger partial charge in [0.15, 0.2) is 14.6 Å². The van der Waals surface area contributed by atoms with Crippen LogP contribution in [0.15, 0.2) is 53.1 Å². The highest BCUT2D eigenvalue weighted by Crippen LogP contribution is 2.42. The number of aromatic nitrogens is 1. The molecule has 0 bridgehead atoms. The Labute approximate surface area is 136 Å². The lowest BCUT2D eigenvalue weighted by Gasteiger charge is -2.29. The van der Waals surface area contributed by atoms with Gasteiger partial charge in [-0.15, -0.1) is 0 Å². The molecule has 0 aliphatic rings. The molecule has 0 saturated carbocycles. The molecule has 0 aliphatic carbocycles. The van der Waals surface area contributed by atoms with Crippen molar-refractivity contribution < 1.29 is 12.8 Å². The Balaban J connectivity index is 2.29. The lowest BCUT2D eigenvalue weighted by atomic mass is 9.94. The molecule has 2 heterocycles. The van der Waals surface area contributed by atoms with Crippen molar-refractivity contribution in [3.8, 4) is 0 Å². The van der Waals surface area contributed by atoms with Crippen molar-refractivity contribution in [1.29, 1.82) is 0 Å². The minimum absolute atomic E-state index is 0.472. The van der Waals surface area contributed by atoms with E-state index in [1.807, 2.05) is 30.3 Å². The standard InChI is InChI=1S/C18H21NO3S/c1-3-4-11-18(23(2,20)21,17-10-7-12-22-17)16-13-14-8-5-6-9-15(14)19-16/h5-10,12-13,19H,3-4,11H2,1-2H3. The molecule has 1 aromatic carbocycles. The molecule has 1 unspecified atom stereocenters. The SMILES string of the molecule is CCCCC(c1cc2ccccc2[nH]1)(c1ccco1)S(C)(=O)=O. The molecule has 0 amide bonds. The number of furan rings is 1. The number of unbranched alkanes of at least 4 members (excludes halogenated alkanes) is 1. The average Bonchev–Trinajstić information content (AvgIpc) is 3.16. The molecule has 0 spiro atoms. The van der Waals surface area contributed by atoms with Gasteiger partial charge in [-0.1, -0.05) is 38.0 Å². The number of hydrogen-bond donors (Lipinski definition) is 1. The molecule has 0 radical (unpaired) electrons. The summed E-state index contributed by atoms with van der Waals surface area (Å²) in [6.07, 6.45) is 5.02. The number of sulfone groups is 1. The van der Waals surface area contributed by atoms with Gasteiger partial charge in [0.1, 0.15) is 5.76 Å². The molecule has 0 fully saturated rings. The molecule has 1 atom stereocenters. The molecule has 4 nitrogen and oxygen atoms in total. The number of H-pyrrole nitrogens is 1. The third-order valence-corrected chi connectivity index (χ3v) is 6.29. The predicted molar refractivity (Wildman–Crippen MR) is 92.2 cm³/mol. The van der Waals surface area contributed by atoms with Crippen LogP contribution in [0.5, 0.6) is 0 Å². The van der Waals surface area contributed by atoms with Crippen LogP contribution in [0.1, 0.15) is 37.6 Å². The van der Waals surface area contributed by atoms with Crippen LogP contribution < -0.4 is 0 Å². The lowest BCUT2D eigenvalue weighted by Crippen LogP contribution is -2.36. The molecule has 5 heteroatoms. The van der Waals surface area contributed by atoms with E-state index in [1.54, 1.807) is 12.1 Å². The van der Waals surface area contributed by atoms with Crippen molar-refractivity contribution in [2.24, 2.45) is 0 Å². The van der Waals surface area contributed by atoms with E-state index in [1.165, 1.54) is 12.5 Å². The molecule has 3 aromatic rings. The van der Waals surface area contributed by atoms with Gasteiger partial charge in [0, 0.05) is 17.5 Å². The van der Waals surface area contributed by atoms with Crippen LogP contribution in [0.3, 0.4) is 0 Å². The molecular formula is C18H21NO3S. The maximum atomic E-state index is 12.9. The van der Waals surface area contributed by atoms with Gasteiger partial charge in [-0.3, -0.25) is 0 Å². The quantitative estimate of drug-likeness (QED) is 0.735. The molecule has 2 aromatic heterocycles. The Morgan fingerprint density at radius 2 is 1.96 bits per heavy atom. The van der Waals surface area contributed by atoms with Gasteiger partial charge in [0.2, 0.25) is 0 Å². The number of benzene rings is 1. The summed E-state index contributed by atoms with van der Waals surface area (Å²) in [6.45, 7) is 2.06. The minimum atomic E-state index is -3.45. The second kappa shape index (κ2) is 5.89. The zero-order chi connectivity index (χ0) is 16.5. The van der Waals surface area contributed by atoms with Crippen LogP contribution >= 0.6 is 0 Å². The predicted octanol–water partition coefficient (Wildman–Crippen LogP) is 4.24. The molecule has 1 N–H and O–H groups in total. The fourth-order valence-electron chi connectivity index (χ4n) is 3.18. The highest BCUT2D eigenvalue weighted by Gasteiger charge is 2.47. The topological polar surface area (TPSA) is 63.1 Å². The van der Waals surface area contributed by atoms with Gasteiger partial charge in [-0.2, -0.15) is 0 Å². The Bertz CT molecular complexity index is 860. The van der Waals surface area contributed by atoms with Gasteiger partial charge in [-0.25, -0.2) is 8.42 Å². The Morgan fingerprint density at radius 3 is 2.57 bits per heavy atom. The average molecular weight is 331 g/mol. The van der Waals surface area contributed by atoms with Crippen LogP contribution in [0.4, 0.5) is 0 Å². The third-order valence-electron chi connectivity index (χ3n) is 4.40. The van der Waals surface area contributed by atoms with E-state index < -0.39 is 14.6 Å². The molecule has 0 saturated heterocycles. The van der Waals surface area contributed by atoms with E-state index in [9.17, 15) is 8.42 Å². The first-order valence-corrected chi connectivity index (χ1v) is 9.70. The molecular weight excluding hydrogens is 310 g/mol. The van der Waals surface area contributed by atoms with E-state index >= 15 is 0 Å². The van der Waals surface area contributed by atoms with Gasteiger partial charge >= 0.3 is 0 Å². The third kappa shape index (κ3) is 2.59. The number of nitrogens with one attached hydrogen (secondary N) is 1. The first-order valence-electron chi connectivity index (χ1n) is 7.81. The molecule has 3 rings (SSSR count). The van der Waals surface area contributed by atoms with Crippen molar-refractivity contribution in [1.82, 2.24) is 4.98 Å². The van der Waals surface area contributed by atoms with E-state index in [0.717, 1.165) is 23.7 Å². The largest absolute Gasteiger partial charge is 0.467 e. The van der Waals surface area contributed by atoms with Gasteiger partial charge < -0.3 is 9.40 Å². The summed E-state index contributed by atoms with van der Waals surface area (Å²) >= 11 is 0. The normalized spacial score (nSPS) is 14.9. The van der Waals surface area contributed by atoms with Gasteiger partial charge in [0.05, 0.1) is 6.26 Å². The second-order valence-corrected chi connectivity index (χ2v) is 8.19. The van der Waals surface area contributed by atoms with Crippen molar-refractivity contribution >= 4 is 20.7 Å². The monoisotopic (exact) mass is 331 g/mol. The van der Waals surface area contributed by atoms with E-state index in [2.05, 4.69) is 11.9 Å². The number of rotatable bonds is 6. The lowest BCUT2D eigenvalue weighted by molar-refractivity contribution is 0.420. The van der Waals surface area contributed by atoms with E-state index in [4.69, 9.17) is 4.42 Å². The Hall–Kier alpha value is -2.01. The maximum absolute atomic E-state index is 12.9. The van der Waals surface area contributed by atoms with Crippen molar-refractivity contribution in [3.05, 3.63) is 60.2 Å². The highest BCUT2D eigenvalue weighted by atomic mass is 32.2. The van der Waals surface area contributed by atoms with E-state index in [0.29, 0.717) is 17.9 Å². The van der Waals surface area contributed by atoms with Crippen molar-refractivity contribution in [2.45, 2.75) is 30.9 Å². The molecule has 23 heavy (non-hydrogen) atoms. The fraction of sp³-hybridized carbons (Fsp3) is 0.333. The summed E-state index contributed by atoms with van der Waals surface area (Å²) < 4.78 is 30.1. The molecule has 122 valence electrons. The number of para-hydroxylation sites is 1. The zero-order valence-corrected chi connectivity index (χ0v) is 14.2. The van der Waals surface area contributed by atoms with Crippen molar-refractivity contribution in [2.75, 3.05) is 6.26 Å². The summed E-state index contributed by atoms with van der Waals surface area (Å²) in [7, 11) is -3.45. The van der Waals surface area contributed by atoms with Crippen LogP contribution in [-0.4, -0.2) is 19.7 Å². The summed E-state index contributed by atoms with van der Waals surface area (Å²) in [5.41, 5.74) is 1.60. The van der Waals surface area contributed by atoms with Crippen LogP contribution in [0.2, 0.25) is 0 Å². The first-order chi connectivity index (χ1) is 11.0. The van der Waals surface area contributed by atoms with Crippen LogP contribution in [-0.2, 0) is 14.6 Å². The number of aromatic amines is 1. The minimum Gasteiger partial charge on any atom is -0.467 e. The Kier molecular flexibility index (Phi) is 4.06. The smallest absolute Gasteiger partial charge is 0.169 e. The van der Waals surface area contributed by atoms with E-state index in [-0.39, 0.29) is 0 Å². The van der Waals surface area contributed by atoms with Gasteiger partial charge in [-0.05, 0) is 36.1 Å². The number of hydrogen-bond acceptors (Lipinski definition) is 3.